The molecule has 162 valence electrons. The lowest BCUT2D eigenvalue weighted by Gasteiger charge is -2.11. The Balaban J connectivity index is 0.000000491. The Morgan fingerprint density at radius 1 is 0.935 bits per heavy atom. The molecule has 3 aromatic rings. The van der Waals surface area contributed by atoms with E-state index in [1.165, 1.54) is 0 Å². The first-order valence-electron chi connectivity index (χ1n) is 10.8. The van der Waals surface area contributed by atoms with Gasteiger partial charge in [0, 0.05) is 42.7 Å². The predicted molar refractivity (Wildman–Crippen MR) is 127 cm³/mol. The molecule has 0 amide bonds. The molecule has 5 nitrogen and oxygen atoms in total. The lowest BCUT2D eigenvalue weighted by Crippen LogP contribution is -2.06. The van der Waals surface area contributed by atoms with Gasteiger partial charge in [-0.1, -0.05) is 31.2 Å². The van der Waals surface area contributed by atoms with Gasteiger partial charge in [0.1, 0.15) is 11.5 Å². The van der Waals surface area contributed by atoms with Crippen molar-refractivity contribution >= 4 is 5.71 Å². The van der Waals surface area contributed by atoms with Gasteiger partial charge in [0.05, 0.1) is 17.1 Å². The normalized spacial score (nSPS) is 14.7. The predicted octanol–water partition coefficient (Wildman–Crippen LogP) is 6.28. The molecule has 2 aromatic carbocycles. The SMILES string of the molecule is CCOCC.Cc1cc(C)n(-c2cccc(Oc3cccc(C4=NC=CC4C)c3)c2)n1. The summed E-state index contributed by atoms with van der Waals surface area (Å²) < 4.78 is 12.9. The van der Waals surface area contributed by atoms with Gasteiger partial charge in [0.25, 0.3) is 0 Å². The first-order chi connectivity index (χ1) is 15.0. The summed E-state index contributed by atoms with van der Waals surface area (Å²) in [6, 6.07) is 18.1. The molecule has 31 heavy (non-hydrogen) atoms. The van der Waals surface area contributed by atoms with Crippen LogP contribution in [0.4, 0.5) is 0 Å². The number of hydrogen-bond acceptors (Lipinski definition) is 4. The van der Waals surface area contributed by atoms with Gasteiger partial charge in [0.2, 0.25) is 0 Å². The van der Waals surface area contributed by atoms with Crippen molar-refractivity contribution in [2.75, 3.05) is 13.2 Å². The Labute approximate surface area is 185 Å². The fourth-order valence-electron chi connectivity index (χ4n) is 3.43. The van der Waals surface area contributed by atoms with E-state index in [0.717, 1.165) is 53.1 Å². The summed E-state index contributed by atoms with van der Waals surface area (Å²) in [4.78, 5) is 4.47. The van der Waals surface area contributed by atoms with Crippen LogP contribution in [0.15, 0.2) is 71.9 Å². The third-order valence-electron chi connectivity index (χ3n) is 4.87. The zero-order chi connectivity index (χ0) is 22.2. The molecule has 0 bridgehead atoms. The van der Waals surface area contributed by atoms with Gasteiger partial charge >= 0.3 is 0 Å². The maximum atomic E-state index is 6.11. The summed E-state index contributed by atoms with van der Waals surface area (Å²) in [7, 11) is 0. The third-order valence-corrected chi connectivity index (χ3v) is 4.87. The topological polar surface area (TPSA) is 48.6 Å². The van der Waals surface area contributed by atoms with Crippen molar-refractivity contribution in [2.24, 2.45) is 10.9 Å². The first-order valence-corrected chi connectivity index (χ1v) is 10.8. The maximum absolute atomic E-state index is 6.11. The van der Waals surface area contributed by atoms with Gasteiger partial charge in [-0.3, -0.25) is 4.99 Å². The minimum atomic E-state index is 0.333. The second-order valence-electron chi connectivity index (χ2n) is 7.39. The highest BCUT2D eigenvalue weighted by molar-refractivity contribution is 6.04. The van der Waals surface area contributed by atoms with E-state index in [4.69, 9.17) is 9.47 Å². The Bertz CT molecular complexity index is 1060. The van der Waals surface area contributed by atoms with E-state index in [2.05, 4.69) is 42.1 Å². The number of allylic oxidation sites excluding steroid dienone is 1. The molecule has 4 rings (SSSR count). The van der Waals surface area contributed by atoms with Crippen molar-refractivity contribution in [2.45, 2.75) is 34.6 Å². The molecule has 1 unspecified atom stereocenters. The fraction of sp³-hybridized carbons (Fsp3) is 0.308. The average Bonchev–Trinajstić information content (AvgIpc) is 3.34. The number of aryl methyl sites for hydroxylation is 2. The van der Waals surface area contributed by atoms with Crippen molar-refractivity contribution in [3.63, 3.8) is 0 Å². The summed E-state index contributed by atoms with van der Waals surface area (Å²) >= 11 is 0. The number of ether oxygens (including phenoxy) is 2. The molecule has 0 aliphatic carbocycles. The van der Waals surface area contributed by atoms with Crippen molar-refractivity contribution in [1.29, 1.82) is 0 Å². The molecule has 2 heterocycles. The highest BCUT2D eigenvalue weighted by Gasteiger charge is 2.14. The number of benzene rings is 2. The van der Waals surface area contributed by atoms with Gasteiger partial charge in [-0.25, -0.2) is 4.68 Å². The van der Waals surface area contributed by atoms with Crippen LogP contribution < -0.4 is 4.74 Å². The van der Waals surface area contributed by atoms with E-state index < -0.39 is 0 Å². The Hall–Kier alpha value is -3.18. The van der Waals surface area contributed by atoms with Crippen LogP contribution in [0.1, 0.15) is 37.7 Å². The zero-order valence-corrected chi connectivity index (χ0v) is 19.0. The molecule has 0 saturated heterocycles. The van der Waals surface area contributed by atoms with Crippen LogP contribution in [0.5, 0.6) is 11.5 Å². The van der Waals surface area contributed by atoms with Crippen LogP contribution in [0.25, 0.3) is 5.69 Å². The molecular weight excluding hydrogens is 386 g/mol. The highest BCUT2D eigenvalue weighted by Crippen LogP contribution is 2.26. The molecule has 0 radical (unpaired) electrons. The van der Waals surface area contributed by atoms with E-state index in [-0.39, 0.29) is 0 Å². The molecule has 1 aromatic heterocycles. The van der Waals surface area contributed by atoms with E-state index in [1.807, 2.05) is 74.1 Å². The minimum Gasteiger partial charge on any atom is -0.457 e. The van der Waals surface area contributed by atoms with Crippen LogP contribution in [0, 0.1) is 19.8 Å². The number of aliphatic imine (C=N–C) groups is 1. The summed E-state index contributed by atoms with van der Waals surface area (Å²) in [5, 5.41) is 4.54. The maximum Gasteiger partial charge on any atom is 0.129 e. The summed E-state index contributed by atoms with van der Waals surface area (Å²) in [6.07, 6.45) is 3.96. The third kappa shape index (κ3) is 5.92. The van der Waals surface area contributed by atoms with Crippen LogP contribution >= 0.6 is 0 Å². The molecule has 1 aliphatic heterocycles. The van der Waals surface area contributed by atoms with Crippen LogP contribution in [0.2, 0.25) is 0 Å². The van der Waals surface area contributed by atoms with Gasteiger partial charge in [-0.2, -0.15) is 5.10 Å². The molecule has 0 N–H and O–H groups in total. The second kappa shape index (κ2) is 10.7. The second-order valence-corrected chi connectivity index (χ2v) is 7.39. The monoisotopic (exact) mass is 417 g/mol. The van der Waals surface area contributed by atoms with E-state index in [0.29, 0.717) is 5.92 Å². The van der Waals surface area contributed by atoms with Crippen LogP contribution in [-0.4, -0.2) is 28.7 Å². The first kappa shape index (κ1) is 22.5. The zero-order valence-electron chi connectivity index (χ0n) is 19.0. The quantitative estimate of drug-likeness (QED) is 0.474. The van der Waals surface area contributed by atoms with Gasteiger partial charge in [-0.15, -0.1) is 0 Å². The minimum absolute atomic E-state index is 0.333. The van der Waals surface area contributed by atoms with Crippen LogP contribution in [-0.2, 0) is 4.74 Å². The smallest absolute Gasteiger partial charge is 0.129 e. The van der Waals surface area contributed by atoms with E-state index in [1.54, 1.807) is 0 Å². The molecule has 5 heteroatoms. The lowest BCUT2D eigenvalue weighted by atomic mass is 10.00. The number of nitrogens with zero attached hydrogens (tertiary/aromatic N) is 3. The molecule has 0 spiro atoms. The van der Waals surface area contributed by atoms with Crippen molar-refractivity contribution in [3.05, 3.63) is 83.8 Å². The molecule has 0 fully saturated rings. The number of hydrogen-bond donors (Lipinski definition) is 0. The van der Waals surface area contributed by atoms with Crippen LogP contribution in [0.3, 0.4) is 0 Å². The largest absolute Gasteiger partial charge is 0.457 e. The lowest BCUT2D eigenvalue weighted by molar-refractivity contribution is 0.162. The van der Waals surface area contributed by atoms with Gasteiger partial charge in [-0.05, 0) is 58.0 Å². The molecule has 1 atom stereocenters. The van der Waals surface area contributed by atoms with Crippen molar-refractivity contribution in [3.8, 4) is 17.2 Å². The van der Waals surface area contributed by atoms with Gasteiger partial charge in [0.15, 0.2) is 0 Å². The van der Waals surface area contributed by atoms with E-state index in [9.17, 15) is 0 Å². The van der Waals surface area contributed by atoms with Crippen molar-refractivity contribution < 1.29 is 9.47 Å². The summed E-state index contributed by atoms with van der Waals surface area (Å²) in [5.74, 6) is 1.92. The van der Waals surface area contributed by atoms with E-state index >= 15 is 0 Å². The summed E-state index contributed by atoms with van der Waals surface area (Å²) in [6.45, 7) is 11.9. The van der Waals surface area contributed by atoms with Crippen molar-refractivity contribution in [1.82, 2.24) is 9.78 Å². The summed E-state index contributed by atoms with van der Waals surface area (Å²) in [5.41, 5.74) is 5.26. The van der Waals surface area contributed by atoms with Gasteiger partial charge < -0.3 is 9.47 Å². The standard InChI is InChI=1S/C22H21N3O.C4H10O/c1-15-10-11-23-22(15)18-6-4-8-20(13-18)26-21-9-5-7-19(14-21)25-17(3)12-16(2)24-25;1-3-5-4-2/h4-15H,1-3H3;3-4H2,1-2H3. The molecular formula is C26H31N3O2. The Kier molecular flexibility index (Phi) is 7.79. The highest BCUT2D eigenvalue weighted by atomic mass is 16.5. The average molecular weight is 418 g/mol. The molecule has 0 saturated carbocycles. The fourth-order valence-corrected chi connectivity index (χ4v) is 3.43. The number of aromatic nitrogens is 2. The molecule has 1 aliphatic rings. The number of rotatable bonds is 6. The Morgan fingerprint density at radius 3 is 2.23 bits per heavy atom. The Morgan fingerprint density at radius 2 is 1.65 bits per heavy atom.